The van der Waals surface area contributed by atoms with E-state index in [1.807, 2.05) is 11.8 Å². The average molecular weight is 275 g/mol. The minimum absolute atomic E-state index is 0.588. The number of benzene rings is 1. The van der Waals surface area contributed by atoms with Crippen LogP contribution in [0.2, 0.25) is 0 Å². The van der Waals surface area contributed by atoms with Crippen molar-refractivity contribution >= 4 is 11.8 Å². The molecule has 1 saturated carbocycles. The van der Waals surface area contributed by atoms with Crippen LogP contribution < -0.4 is 5.32 Å². The van der Waals surface area contributed by atoms with Gasteiger partial charge in [0.2, 0.25) is 0 Å². The third kappa shape index (κ3) is 3.17. The number of hydrogen-bond donors (Lipinski definition) is 1. The fraction of sp³-hybridized carbons (Fsp3) is 0.647. The number of fused-ring (bicyclic) bond motifs is 1. The zero-order valence-corrected chi connectivity index (χ0v) is 12.7. The lowest BCUT2D eigenvalue weighted by Gasteiger charge is -2.29. The first-order valence-electron chi connectivity index (χ1n) is 7.82. The summed E-state index contributed by atoms with van der Waals surface area (Å²) in [6.07, 6.45) is 7.17. The van der Waals surface area contributed by atoms with Gasteiger partial charge in [-0.15, -0.1) is 11.8 Å². The maximum absolute atomic E-state index is 3.82. The molecule has 1 aliphatic heterocycles. The van der Waals surface area contributed by atoms with E-state index in [0.717, 1.165) is 11.8 Å². The predicted molar refractivity (Wildman–Crippen MR) is 83.6 cm³/mol. The first-order chi connectivity index (χ1) is 9.36. The Hall–Kier alpha value is -0.470. The Bertz CT molecular complexity index is 409. The number of rotatable bonds is 4. The van der Waals surface area contributed by atoms with Crippen LogP contribution in [0.25, 0.3) is 0 Å². The van der Waals surface area contributed by atoms with Crippen LogP contribution in [0.4, 0.5) is 0 Å². The second kappa shape index (κ2) is 6.32. The summed E-state index contributed by atoms with van der Waals surface area (Å²) >= 11 is 2.00. The van der Waals surface area contributed by atoms with Crippen LogP contribution in [0, 0.1) is 11.8 Å². The van der Waals surface area contributed by atoms with Crippen molar-refractivity contribution in [2.75, 3.05) is 12.3 Å². The Balaban J connectivity index is 1.49. The largest absolute Gasteiger partial charge is 0.309 e. The van der Waals surface area contributed by atoms with Crippen molar-refractivity contribution in [1.29, 1.82) is 0 Å². The van der Waals surface area contributed by atoms with Gasteiger partial charge < -0.3 is 5.32 Å². The molecule has 0 bridgehead atoms. The van der Waals surface area contributed by atoms with Crippen molar-refractivity contribution < 1.29 is 0 Å². The molecule has 1 aromatic rings. The van der Waals surface area contributed by atoms with E-state index in [2.05, 4.69) is 36.5 Å². The predicted octanol–water partition coefficient (Wildman–Crippen LogP) is 4.64. The summed E-state index contributed by atoms with van der Waals surface area (Å²) in [7, 11) is 0. The molecule has 2 aliphatic rings. The molecule has 0 radical (unpaired) electrons. The summed E-state index contributed by atoms with van der Waals surface area (Å²) in [5.74, 6) is 3.14. The highest BCUT2D eigenvalue weighted by Gasteiger charge is 2.24. The Labute approximate surface area is 121 Å². The minimum atomic E-state index is 0.588. The second-order valence-corrected chi connectivity index (χ2v) is 7.17. The van der Waals surface area contributed by atoms with Gasteiger partial charge >= 0.3 is 0 Å². The topological polar surface area (TPSA) is 12.0 Å². The zero-order chi connectivity index (χ0) is 13.1. The molecule has 1 aromatic carbocycles. The lowest BCUT2D eigenvalue weighted by molar-refractivity contribution is 0.258. The van der Waals surface area contributed by atoms with Gasteiger partial charge in [-0.25, -0.2) is 0 Å². The molecule has 104 valence electrons. The highest BCUT2D eigenvalue weighted by atomic mass is 32.2. The molecule has 19 heavy (non-hydrogen) atoms. The van der Waals surface area contributed by atoms with Crippen molar-refractivity contribution in [2.24, 2.45) is 11.8 Å². The third-order valence-electron chi connectivity index (χ3n) is 4.90. The van der Waals surface area contributed by atoms with E-state index < -0.39 is 0 Å². The summed E-state index contributed by atoms with van der Waals surface area (Å²) in [5, 5.41) is 3.82. The summed E-state index contributed by atoms with van der Waals surface area (Å²) in [6, 6.07) is 9.46. The van der Waals surface area contributed by atoms with Crippen LogP contribution >= 0.6 is 11.8 Å². The molecule has 0 aromatic heterocycles. The van der Waals surface area contributed by atoms with Gasteiger partial charge in [0.1, 0.15) is 0 Å². The Morgan fingerprint density at radius 3 is 2.63 bits per heavy atom. The van der Waals surface area contributed by atoms with E-state index in [9.17, 15) is 0 Å². The van der Waals surface area contributed by atoms with E-state index in [4.69, 9.17) is 0 Å². The minimum Gasteiger partial charge on any atom is -0.309 e. The van der Waals surface area contributed by atoms with Crippen LogP contribution in [0.15, 0.2) is 29.2 Å². The molecule has 1 nitrogen and oxygen atoms in total. The summed E-state index contributed by atoms with van der Waals surface area (Å²) in [5.41, 5.74) is 1.52. The Kier molecular flexibility index (Phi) is 4.49. The average Bonchev–Trinajstić information content (AvgIpc) is 2.89. The fourth-order valence-electron chi connectivity index (χ4n) is 3.48. The van der Waals surface area contributed by atoms with E-state index >= 15 is 0 Å². The molecule has 1 atom stereocenters. The van der Waals surface area contributed by atoms with Crippen molar-refractivity contribution in [3.8, 4) is 0 Å². The number of thioether (sulfide) groups is 1. The molecule has 0 amide bonds. The summed E-state index contributed by atoms with van der Waals surface area (Å²) < 4.78 is 0. The van der Waals surface area contributed by atoms with Crippen LogP contribution in [-0.4, -0.2) is 12.3 Å². The van der Waals surface area contributed by atoms with Crippen molar-refractivity contribution in [2.45, 2.75) is 50.0 Å². The van der Waals surface area contributed by atoms with Gasteiger partial charge in [-0.1, -0.05) is 44.4 Å². The van der Waals surface area contributed by atoms with Gasteiger partial charge in [-0.2, -0.15) is 0 Å². The Morgan fingerprint density at radius 2 is 1.84 bits per heavy atom. The van der Waals surface area contributed by atoms with E-state index in [-0.39, 0.29) is 0 Å². The third-order valence-corrected chi connectivity index (χ3v) is 6.08. The molecule has 0 saturated heterocycles. The molecule has 3 rings (SSSR count). The normalized spacial score (nSPS) is 30.3. The molecule has 1 heterocycles. The van der Waals surface area contributed by atoms with Crippen molar-refractivity contribution in [1.82, 2.24) is 5.32 Å². The Morgan fingerprint density at radius 1 is 1.11 bits per heavy atom. The van der Waals surface area contributed by atoms with E-state index in [1.54, 1.807) is 0 Å². The van der Waals surface area contributed by atoms with Crippen LogP contribution in [0.1, 0.15) is 50.6 Å². The molecule has 1 aliphatic carbocycles. The van der Waals surface area contributed by atoms with E-state index in [0.29, 0.717) is 6.04 Å². The van der Waals surface area contributed by atoms with Crippen LogP contribution in [0.5, 0.6) is 0 Å². The molecule has 1 unspecified atom stereocenters. The lowest BCUT2D eigenvalue weighted by atomic mass is 9.81. The van der Waals surface area contributed by atoms with E-state index in [1.165, 1.54) is 54.9 Å². The number of hydrogen-bond acceptors (Lipinski definition) is 2. The monoisotopic (exact) mass is 275 g/mol. The summed E-state index contributed by atoms with van der Waals surface area (Å²) in [4.78, 5) is 1.48. The molecule has 1 N–H and O–H groups in total. The van der Waals surface area contributed by atoms with Crippen LogP contribution in [-0.2, 0) is 0 Å². The van der Waals surface area contributed by atoms with Gasteiger partial charge in [-0.3, -0.25) is 0 Å². The van der Waals surface area contributed by atoms with Crippen molar-refractivity contribution in [3.63, 3.8) is 0 Å². The van der Waals surface area contributed by atoms with Gasteiger partial charge in [0.25, 0.3) is 0 Å². The number of nitrogens with one attached hydrogen (secondary N) is 1. The van der Waals surface area contributed by atoms with Gasteiger partial charge in [0.05, 0.1) is 0 Å². The molecule has 1 fully saturated rings. The fourth-order valence-corrected chi connectivity index (χ4v) is 4.68. The second-order valence-electron chi connectivity index (χ2n) is 6.10. The SMILES string of the molecule is CCC1CCC(CNC2CSc3ccccc32)CC1. The molecular formula is C17H25NS. The maximum atomic E-state index is 3.82. The van der Waals surface area contributed by atoms with Gasteiger partial charge in [0.15, 0.2) is 0 Å². The quantitative estimate of drug-likeness (QED) is 0.859. The summed E-state index contributed by atoms with van der Waals surface area (Å²) in [6.45, 7) is 3.56. The first kappa shape index (κ1) is 13.5. The lowest BCUT2D eigenvalue weighted by Crippen LogP contribution is -2.29. The van der Waals surface area contributed by atoms with Gasteiger partial charge in [0, 0.05) is 16.7 Å². The maximum Gasteiger partial charge on any atom is 0.0426 e. The molecular weight excluding hydrogens is 250 g/mol. The first-order valence-corrected chi connectivity index (χ1v) is 8.80. The zero-order valence-electron chi connectivity index (χ0n) is 11.9. The molecule has 2 heteroatoms. The van der Waals surface area contributed by atoms with Crippen LogP contribution in [0.3, 0.4) is 0 Å². The van der Waals surface area contributed by atoms with Crippen molar-refractivity contribution in [3.05, 3.63) is 29.8 Å². The molecule has 0 spiro atoms. The van der Waals surface area contributed by atoms with Gasteiger partial charge in [-0.05, 0) is 42.9 Å². The standard InChI is InChI=1S/C17H25NS/c1-2-13-7-9-14(10-8-13)11-18-16-12-19-17-6-4-3-5-15(16)17/h3-6,13-14,16,18H,2,7-12H2,1H3. The smallest absolute Gasteiger partial charge is 0.0426 e. The highest BCUT2D eigenvalue weighted by molar-refractivity contribution is 7.99. The highest BCUT2D eigenvalue weighted by Crippen LogP contribution is 2.38.